The Morgan fingerprint density at radius 3 is 2.69 bits per heavy atom. The molecule has 1 rings (SSSR count). The third-order valence-corrected chi connectivity index (χ3v) is 1.90. The Hall–Kier alpha value is -1.92. The lowest BCUT2D eigenvalue weighted by atomic mass is 10.1. The fraction of sp³-hybridized carbons (Fsp3) is 0.333. The van der Waals surface area contributed by atoms with Gasteiger partial charge in [-0.2, -0.15) is 0 Å². The van der Waals surface area contributed by atoms with E-state index < -0.39 is 30.1 Å². The van der Waals surface area contributed by atoms with Crippen molar-refractivity contribution in [2.24, 2.45) is 0 Å². The summed E-state index contributed by atoms with van der Waals surface area (Å²) < 4.78 is 29.3. The van der Waals surface area contributed by atoms with E-state index in [2.05, 4.69) is 0 Å². The Morgan fingerprint density at radius 1 is 1.62 bits per heavy atom. The lowest BCUT2D eigenvalue weighted by Crippen LogP contribution is -2.19. The third kappa shape index (κ3) is 2.56. The van der Waals surface area contributed by atoms with E-state index in [0.717, 1.165) is 6.07 Å². The number of hydrogen-bond acceptors (Lipinski definition) is 3. The summed E-state index contributed by atoms with van der Waals surface area (Å²) in [5.41, 5.74) is -1.66. The maximum absolute atomic E-state index is 12.3. The van der Waals surface area contributed by atoms with Crippen LogP contribution < -0.4 is 10.3 Å². The first-order chi connectivity index (χ1) is 7.45. The Morgan fingerprint density at radius 2 is 2.25 bits per heavy atom. The largest absolute Gasteiger partial charge is 0.496 e. The van der Waals surface area contributed by atoms with Crippen molar-refractivity contribution >= 4 is 5.97 Å². The number of carboxylic acids is 1. The summed E-state index contributed by atoms with van der Waals surface area (Å²) in [6.07, 6.45) is -3.43. The second kappa shape index (κ2) is 4.73. The minimum absolute atomic E-state index is 0.151. The van der Waals surface area contributed by atoms with Crippen LogP contribution in [0.3, 0.4) is 0 Å². The normalized spacial score (nSPS) is 10.5. The second-order valence-electron chi connectivity index (χ2n) is 2.97. The number of hydrogen-bond donors (Lipinski definition) is 2. The lowest BCUT2D eigenvalue weighted by molar-refractivity contribution is -0.136. The van der Waals surface area contributed by atoms with Gasteiger partial charge in [0.25, 0.3) is 12.0 Å². The molecule has 2 N–H and O–H groups in total. The van der Waals surface area contributed by atoms with Crippen LogP contribution in [0.15, 0.2) is 10.9 Å². The van der Waals surface area contributed by atoms with Gasteiger partial charge in [-0.15, -0.1) is 0 Å². The van der Waals surface area contributed by atoms with E-state index >= 15 is 0 Å². The highest BCUT2D eigenvalue weighted by Crippen LogP contribution is 2.22. The molecule has 0 aliphatic carbocycles. The second-order valence-corrected chi connectivity index (χ2v) is 2.97. The van der Waals surface area contributed by atoms with Crippen molar-refractivity contribution in [3.8, 4) is 5.75 Å². The van der Waals surface area contributed by atoms with Gasteiger partial charge in [0.05, 0.1) is 24.8 Å². The van der Waals surface area contributed by atoms with Crippen molar-refractivity contribution in [3.63, 3.8) is 0 Å². The molecule has 1 aromatic rings. The molecule has 5 nitrogen and oxygen atoms in total. The third-order valence-electron chi connectivity index (χ3n) is 1.90. The molecule has 0 saturated heterocycles. The van der Waals surface area contributed by atoms with Crippen LogP contribution in [0.25, 0.3) is 0 Å². The zero-order chi connectivity index (χ0) is 12.3. The molecule has 1 aromatic heterocycles. The first-order valence-electron chi connectivity index (χ1n) is 4.25. The van der Waals surface area contributed by atoms with E-state index in [-0.39, 0.29) is 11.3 Å². The number of H-pyrrole nitrogens is 1. The minimum Gasteiger partial charge on any atom is -0.496 e. The summed E-state index contributed by atoms with van der Waals surface area (Å²) in [5.74, 6) is -1.39. The topological polar surface area (TPSA) is 79.4 Å². The van der Waals surface area contributed by atoms with E-state index in [1.54, 1.807) is 0 Å². The molecule has 1 heterocycles. The van der Waals surface area contributed by atoms with Crippen LogP contribution >= 0.6 is 0 Å². The van der Waals surface area contributed by atoms with Gasteiger partial charge in [0, 0.05) is 6.07 Å². The molecule has 0 amide bonds. The monoisotopic (exact) mass is 233 g/mol. The first kappa shape index (κ1) is 12.2. The van der Waals surface area contributed by atoms with Crippen LogP contribution in [-0.4, -0.2) is 23.2 Å². The number of aliphatic carboxylic acids is 1. The van der Waals surface area contributed by atoms with Crippen LogP contribution in [0.5, 0.6) is 5.75 Å². The number of aromatic nitrogens is 1. The van der Waals surface area contributed by atoms with Gasteiger partial charge in [-0.25, -0.2) is 8.78 Å². The van der Waals surface area contributed by atoms with Crippen LogP contribution in [0.4, 0.5) is 8.78 Å². The summed E-state index contributed by atoms with van der Waals surface area (Å²) in [7, 11) is 1.18. The van der Waals surface area contributed by atoms with E-state index in [1.165, 1.54) is 7.11 Å². The van der Waals surface area contributed by atoms with Gasteiger partial charge in [-0.1, -0.05) is 0 Å². The fourth-order valence-corrected chi connectivity index (χ4v) is 1.20. The van der Waals surface area contributed by atoms with Gasteiger partial charge in [0.2, 0.25) is 0 Å². The number of carboxylic acid groups (broad SMARTS) is 1. The highest BCUT2D eigenvalue weighted by atomic mass is 19.3. The van der Waals surface area contributed by atoms with Gasteiger partial charge in [-0.3, -0.25) is 9.59 Å². The number of rotatable bonds is 4. The van der Waals surface area contributed by atoms with E-state index in [9.17, 15) is 18.4 Å². The molecular weight excluding hydrogens is 224 g/mol. The zero-order valence-electron chi connectivity index (χ0n) is 8.29. The molecule has 7 heteroatoms. The van der Waals surface area contributed by atoms with Crippen LogP contribution in [0.1, 0.15) is 17.7 Å². The lowest BCUT2D eigenvalue weighted by Gasteiger charge is -2.08. The molecule has 0 aliphatic heterocycles. The minimum atomic E-state index is -2.85. The van der Waals surface area contributed by atoms with Gasteiger partial charge in [0.15, 0.2) is 0 Å². The van der Waals surface area contributed by atoms with Crippen molar-refractivity contribution in [1.82, 2.24) is 4.98 Å². The van der Waals surface area contributed by atoms with Gasteiger partial charge in [-0.05, 0) is 0 Å². The molecule has 16 heavy (non-hydrogen) atoms. The first-order valence-corrected chi connectivity index (χ1v) is 4.25. The molecule has 0 spiro atoms. The number of aromatic amines is 1. The molecule has 0 bridgehead atoms. The Bertz CT molecular complexity index is 455. The average Bonchev–Trinajstić information content (AvgIpc) is 2.19. The standard InChI is InChI=1S/C9H9F2NO4/c1-16-6-3-5(8(10)11)12-9(15)4(6)2-7(13)14/h3,8H,2H2,1H3,(H,12,15)(H,13,14). The Kier molecular flexibility index (Phi) is 3.60. The number of ether oxygens (including phenoxy) is 1. The average molecular weight is 233 g/mol. The van der Waals surface area contributed by atoms with Crippen LogP contribution in [0, 0.1) is 0 Å². The Balaban J connectivity index is 3.28. The molecular formula is C9H9F2NO4. The molecule has 0 radical (unpaired) electrons. The molecule has 0 fully saturated rings. The SMILES string of the molecule is COc1cc(C(F)F)[nH]c(=O)c1CC(=O)O. The fourth-order valence-electron chi connectivity index (χ4n) is 1.20. The quantitative estimate of drug-likeness (QED) is 0.811. The number of alkyl halides is 2. The zero-order valence-corrected chi connectivity index (χ0v) is 8.29. The van der Waals surface area contributed by atoms with E-state index in [4.69, 9.17) is 9.84 Å². The summed E-state index contributed by atoms with van der Waals surface area (Å²) in [6, 6.07) is 0.921. The number of pyridine rings is 1. The van der Waals surface area contributed by atoms with Crippen LogP contribution in [0.2, 0.25) is 0 Å². The van der Waals surface area contributed by atoms with Gasteiger partial charge < -0.3 is 14.8 Å². The number of nitrogens with one attached hydrogen (secondary N) is 1. The predicted octanol–water partition coefficient (Wildman–Crippen LogP) is 0.948. The van der Waals surface area contributed by atoms with Crippen molar-refractivity contribution in [2.75, 3.05) is 7.11 Å². The maximum Gasteiger partial charge on any atom is 0.308 e. The van der Waals surface area contributed by atoms with Crippen molar-refractivity contribution in [2.45, 2.75) is 12.8 Å². The smallest absolute Gasteiger partial charge is 0.308 e. The van der Waals surface area contributed by atoms with Crippen molar-refractivity contribution in [1.29, 1.82) is 0 Å². The molecule has 88 valence electrons. The Labute approximate surface area is 88.7 Å². The predicted molar refractivity (Wildman–Crippen MR) is 49.9 cm³/mol. The highest BCUT2D eigenvalue weighted by molar-refractivity contribution is 5.71. The molecule has 0 atom stereocenters. The summed E-state index contributed by atoms with van der Waals surface area (Å²) in [6.45, 7) is 0. The van der Waals surface area contributed by atoms with Gasteiger partial charge >= 0.3 is 5.97 Å². The van der Waals surface area contributed by atoms with Gasteiger partial charge in [0.1, 0.15) is 5.75 Å². The number of methoxy groups -OCH3 is 1. The number of carbonyl (C=O) groups is 1. The molecule has 0 aliphatic rings. The highest BCUT2D eigenvalue weighted by Gasteiger charge is 2.17. The molecule has 0 aromatic carbocycles. The summed E-state index contributed by atoms with van der Waals surface area (Å²) >= 11 is 0. The van der Waals surface area contributed by atoms with Crippen molar-refractivity contribution < 1.29 is 23.4 Å². The van der Waals surface area contributed by atoms with Crippen LogP contribution in [-0.2, 0) is 11.2 Å². The molecule has 0 saturated carbocycles. The number of halogens is 2. The van der Waals surface area contributed by atoms with E-state index in [1.807, 2.05) is 4.98 Å². The summed E-state index contributed by atoms with van der Waals surface area (Å²) in [5, 5.41) is 8.53. The van der Waals surface area contributed by atoms with Crippen molar-refractivity contribution in [3.05, 3.63) is 27.7 Å². The van der Waals surface area contributed by atoms with E-state index in [0.29, 0.717) is 0 Å². The summed E-state index contributed by atoms with van der Waals surface area (Å²) in [4.78, 5) is 23.7. The molecule has 0 unspecified atom stereocenters. The maximum atomic E-state index is 12.3.